The molecular formula is C20H25N5O2. The summed E-state index contributed by atoms with van der Waals surface area (Å²) in [6.07, 6.45) is 1.14. The second kappa shape index (κ2) is 7.15. The van der Waals surface area contributed by atoms with Gasteiger partial charge in [0, 0.05) is 36.9 Å². The Balaban J connectivity index is 1.37. The average molecular weight is 367 g/mol. The van der Waals surface area contributed by atoms with Crippen LogP contribution in [-0.2, 0) is 4.79 Å². The lowest BCUT2D eigenvalue weighted by Gasteiger charge is -2.56. The van der Waals surface area contributed by atoms with Gasteiger partial charge in [0.1, 0.15) is 17.4 Å². The highest BCUT2D eigenvalue weighted by Crippen LogP contribution is 2.34. The monoisotopic (exact) mass is 367 g/mol. The van der Waals surface area contributed by atoms with E-state index >= 15 is 0 Å². The first kappa shape index (κ1) is 17.7. The van der Waals surface area contributed by atoms with E-state index in [1.165, 1.54) is 0 Å². The lowest BCUT2D eigenvalue weighted by atomic mass is 9.87. The fourth-order valence-corrected chi connectivity index (χ4v) is 4.10. The number of nitrogens with one attached hydrogen (secondary N) is 1. The molecule has 3 aliphatic rings. The van der Waals surface area contributed by atoms with Gasteiger partial charge < -0.3 is 15.0 Å². The van der Waals surface area contributed by atoms with Crippen molar-refractivity contribution in [3.63, 3.8) is 0 Å². The van der Waals surface area contributed by atoms with Crippen molar-refractivity contribution in [2.75, 3.05) is 37.0 Å². The first-order chi connectivity index (χ1) is 13.0. The number of methoxy groups -OCH3 is 1. The number of hydrogen-bond donors (Lipinski definition) is 1. The Morgan fingerprint density at radius 3 is 2.67 bits per heavy atom. The van der Waals surface area contributed by atoms with E-state index in [-0.39, 0.29) is 5.91 Å². The zero-order chi connectivity index (χ0) is 19.0. The summed E-state index contributed by atoms with van der Waals surface area (Å²) in [5.41, 5.74) is 1.70. The number of rotatable bonds is 5. The predicted octanol–water partition coefficient (Wildman–Crippen LogP) is 2.00. The van der Waals surface area contributed by atoms with Gasteiger partial charge in [-0.1, -0.05) is 12.1 Å². The second-order valence-electron chi connectivity index (χ2n) is 7.28. The van der Waals surface area contributed by atoms with Crippen LogP contribution in [0.4, 0.5) is 11.5 Å². The number of piperidine rings is 1. The van der Waals surface area contributed by atoms with Crippen LogP contribution in [0.2, 0.25) is 0 Å². The first-order valence-corrected chi connectivity index (χ1v) is 9.29. The number of piperazine rings is 1. The molecule has 3 aliphatic heterocycles. The van der Waals surface area contributed by atoms with Gasteiger partial charge in [0.25, 0.3) is 0 Å². The standard InChI is InChI=1S/C20H25N5O2/c1-13-8-19(22-14(2)21-13)24-10-15-9-16(11-24)25(15)12-20(26)23-17-6-4-5-7-18(17)27-3/h4-8,15-16H,9-12H2,1-3H3,(H,23,26). The average Bonchev–Trinajstić information content (AvgIpc) is 2.66. The van der Waals surface area contributed by atoms with Gasteiger partial charge >= 0.3 is 0 Å². The summed E-state index contributed by atoms with van der Waals surface area (Å²) >= 11 is 0. The quantitative estimate of drug-likeness (QED) is 0.872. The van der Waals surface area contributed by atoms with E-state index < -0.39 is 0 Å². The number of hydrogen-bond acceptors (Lipinski definition) is 6. The maximum Gasteiger partial charge on any atom is 0.238 e. The minimum Gasteiger partial charge on any atom is -0.495 e. The van der Waals surface area contributed by atoms with Gasteiger partial charge in [-0.3, -0.25) is 9.69 Å². The van der Waals surface area contributed by atoms with Crippen LogP contribution in [0.1, 0.15) is 17.9 Å². The van der Waals surface area contributed by atoms with Gasteiger partial charge in [0.2, 0.25) is 5.91 Å². The molecular weight excluding hydrogens is 342 g/mol. The third-order valence-electron chi connectivity index (χ3n) is 5.33. The van der Waals surface area contributed by atoms with E-state index in [1.54, 1.807) is 7.11 Å². The van der Waals surface area contributed by atoms with Crippen LogP contribution in [0, 0.1) is 13.8 Å². The Morgan fingerprint density at radius 1 is 1.22 bits per heavy atom. The molecule has 0 spiro atoms. The number of anilines is 2. The largest absolute Gasteiger partial charge is 0.495 e. The molecule has 1 N–H and O–H groups in total. The molecule has 5 rings (SSSR count). The molecule has 7 nitrogen and oxygen atoms in total. The zero-order valence-electron chi connectivity index (χ0n) is 16.0. The van der Waals surface area contributed by atoms with Crippen LogP contribution in [-0.4, -0.2) is 59.6 Å². The number of para-hydroxylation sites is 2. The number of ether oxygens (including phenoxy) is 1. The number of nitrogens with zero attached hydrogens (tertiary/aromatic N) is 4. The number of benzene rings is 1. The fraction of sp³-hybridized carbons (Fsp3) is 0.450. The molecule has 0 radical (unpaired) electrons. The van der Waals surface area contributed by atoms with Crippen molar-refractivity contribution >= 4 is 17.4 Å². The van der Waals surface area contributed by atoms with Crippen molar-refractivity contribution in [3.05, 3.63) is 41.9 Å². The minimum absolute atomic E-state index is 0.00336. The highest BCUT2D eigenvalue weighted by Gasteiger charge is 2.45. The Hall–Kier alpha value is -2.67. The molecule has 2 bridgehead atoms. The summed E-state index contributed by atoms with van der Waals surface area (Å²) in [6, 6.07) is 10.3. The van der Waals surface area contributed by atoms with E-state index in [9.17, 15) is 4.79 Å². The van der Waals surface area contributed by atoms with E-state index in [0.717, 1.165) is 36.8 Å². The summed E-state index contributed by atoms with van der Waals surface area (Å²) in [5.74, 6) is 2.47. The molecule has 4 heterocycles. The summed E-state index contributed by atoms with van der Waals surface area (Å²) in [5, 5.41) is 2.97. The van der Waals surface area contributed by atoms with Gasteiger partial charge in [0.05, 0.1) is 19.3 Å². The number of fused-ring (bicyclic) bond motifs is 2. The third-order valence-corrected chi connectivity index (χ3v) is 5.33. The van der Waals surface area contributed by atoms with E-state index in [2.05, 4.69) is 25.1 Å². The number of aryl methyl sites for hydroxylation is 2. The number of carbonyl (C=O) groups excluding carboxylic acids is 1. The van der Waals surface area contributed by atoms with Crippen LogP contribution in [0.25, 0.3) is 0 Å². The molecule has 27 heavy (non-hydrogen) atoms. The lowest BCUT2D eigenvalue weighted by Crippen LogP contribution is -2.69. The Bertz CT molecular complexity index is 824. The fourth-order valence-electron chi connectivity index (χ4n) is 4.10. The van der Waals surface area contributed by atoms with Crippen LogP contribution in [0.3, 0.4) is 0 Å². The molecule has 7 heteroatoms. The molecule has 0 saturated carbocycles. The van der Waals surface area contributed by atoms with Gasteiger partial charge in [0.15, 0.2) is 0 Å². The lowest BCUT2D eigenvalue weighted by molar-refractivity contribution is -0.121. The molecule has 1 aromatic carbocycles. The number of aromatic nitrogens is 2. The zero-order valence-corrected chi connectivity index (χ0v) is 16.0. The van der Waals surface area contributed by atoms with E-state index in [0.29, 0.717) is 30.1 Å². The van der Waals surface area contributed by atoms with Crippen molar-refractivity contribution in [2.45, 2.75) is 32.4 Å². The van der Waals surface area contributed by atoms with Crippen LogP contribution in [0.15, 0.2) is 30.3 Å². The van der Waals surface area contributed by atoms with E-state index in [1.807, 2.05) is 44.2 Å². The minimum atomic E-state index is -0.00336. The predicted molar refractivity (Wildman–Crippen MR) is 104 cm³/mol. The number of carbonyl (C=O) groups is 1. The van der Waals surface area contributed by atoms with E-state index in [4.69, 9.17) is 4.74 Å². The summed E-state index contributed by atoms with van der Waals surface area (Å²) in [7, 11) is 1.61. The Morgan fingerprint density at radius 2 is 1.96 bits per heavy atom. The van der Waals surface area contributed by atoms with Crippen LogP contribution >= 0.6 is 0 Å². The Labute approximate surface area is 159 Å². The molecule has 1 amide bonds. The normalized spacial score (nSPS) is 21.5. The molecule has 2 aromatic rings. The third kappa shape index (κ3) is 3.60. The molecule has 3 saturated heterocycles. The van der Waals surface area contributed by atoms with Crippen molar-refractivity contribution in [2.24, 2.45) is 0 Å². The second-order valence-corrected chi connectivity index (χ2v) is 7.28. The summed E-state index contributed by atoms with van der Waals surface area (Å²) in [6.45, 7) is 6.12. The number of amides is 1. The molecule has 2 unspecified atom stereocenters. The summed E-state index contributed by atoms with van der Waals surface area (Å²) in [4.78, 5) is 26.1. The highest BCUT2D eigenvalue weighted by molar-refractivity contribution is 5.93. The smallest absolute Gasteiger partial charge is 0.238 e. The van der Waals surface area contributed by atoms with Gasteiger partial charge in [-0.25, -0.2) is 9.97 Å². The van der Waals surface area contributed by atoms with Crippen molar-refractivity contribution in [1.29, 1.82) is 0 Å². The van der Waals surface area contributed by atoms with Gasteiger partial charge in [-0.15, -0.1) is 0 Å². The molecule has 1 aromatic heterocycles. The van der Waals surface area contributed by atoms with Crippen LogP contribution in [0.5, 0.6) is 5.75 Å². The molecule has 3 fully saturated rings. The maximum atomic E-state index is 12.5. The SMILES string of the molecule is COc1ccccc1NC(=O)CN1C2CC1CN(c1cc(C)nc(C)n1)C2. The first-order valence-electron chi connectivity index (χ1n) is 9.29. The van der Waals surface area contributed by atoms with Gasteiger partial charge in [-0.2, -0.15) is 0 Å². The molecule has 0 aliphatic carbocycles. The topological polar surface area (TPSA) is 70.6 Å². The van der Waals surface area contributed by atoms with Crippen LogP contribution < -0.4 is 15.0 Å². The Kier molecular flexibility index (Phi) is 4.70. The van der Waals surface area contributed by atoms with Crippen molar-refractivity contribution < 1.29 is 9.53 Å². The molecule has 2 atom stereocenters. The molecule has 142 valence electrons. The maximum absolute atomic E-state index is 12.5. The van der Waals surface area contributed by atoms with Gasteiger partial charge in [-0.05, 0) is 32.4 Å². The highest BCUT2D eigenvalue weighted by atomic mass is 16.5. The summed E-state index contributed by atoms with van der Waals surface area (Å²) < 4.78 is 5.30. The van der Waals surface area contributed by atoms with Crippen molar-refractivity contribution in [3.8, 4) is 5.75 Å². The van der Waals surface area contributed by atoms with Crippen molar-refractivity contribution in [1.82, 2.24) is 14.9 Å².